The summed E-state index contributed by atoms with van der Waals surface area (Å²) in [7, 11) is 1.58. The largest absolute Gasteiger partial charge is 0.493 e. The second-order valence-electron chi connectivity index (χ2n) is 6.02. The van der Waals surface area contributed by atoms with E-state index in [0.29, 0.717) is 35.9 Å². The smallest absolute Gasteiger partial charge is 0.251 e. The van der Waals surface area contributed by atoms with E-state index in [9.17, 15) is 9.59 Å². The van der Waals surface area contributed by atoms with Gasteiger partial charge in [-0.15, -0.1) is 0 Å². The van der Waals surface area contributed by atoms with Crippen molar-refractivity contribution >= 4 is 23.6 Å². The molecule has 0 aliphatic rings. The van der Waals surface area contributed by atoms with Crippen LogP contribution >= 0.6 is 0 Å². The van der Waals surface area contributed by atoms with Gasteiger partial charge >= 0.3 is 0 Å². The monoisotopic (exact) mass is 382 g/mol. The second kappa shape index (κ2) is 10.8. The number of nitrogens with one attached hydrogen (secondary N) is 2. The Morgan fingerprint density at radius 2 is 1.89 bits per heavy atom. The molecule has 0 fully saturated rings. The van der Waals surface area contributed by atoms with Gasteiger partial charge in [-0.1, -0.05) is 19.1 Å². The van der Waals surface area contributed by atoms with Crippen LogP contribution in [-0.2, 0) is 4.79 Å². The zero-order valence-electron chi connectivity index (χ0n) is 16.5. The summed E-state index contributed by atoms with van der Waals surface area (Å²) in [6.45, 7) is 5.05. The van der Waals surface area contributed by atoms with Crippen molar-refractivity contribution in [2.45, 2.75) is 20.3 Å². The molecular weight excluding hydrogens is 356 g/mol. The van der Waals surface area contributed by atoms with E-state index in [1.54, 1.807) is 37.5 Å². The van der Waals surface area contributed by atoms with E-state index in [0.717, 1.165) is 12.0 Å². The third-order valence-corrected chi connectivity index (χ3v) is 3.81. The van der Waals surface area contributed by atoms with E-state index in [2.05, 4.69) is 10.6 Å². The molecule has 0 saturated carbocycles. The van der Waals surface area contributed by atoms with Crippen LogP contribution in [0.2, 0.25) is 0 Å². The molecule has 0 aromatic heterocycles. The van der Waals surface area contributed by atoms with Crippen LogP contribution in [0.4, 0.5) is 5.69 Å². The molecule has 2 N–H and O–H groups in total. The van der Waals surface area contributed by atoms with Crippen LogP contribution in [0.3, 0.4) is 0 Å². The van der Waals surface area contributed by atoms with Gasteiger partial charge in [0.05, 0.1) is 13.7 Å². The van der Waals surface area contributed by atoms with Crippen molar-refractivity contribution in [2.75, 3.05) is 25.6 Å². The summed E-state index contributed by atoms with van der Waals surface area (Å²) in [5.41, 5.74) is 1.86. The number of benzene rings is 2. The number of amides is 2. The first-order valence-electron chi connectivity index (χ1n) is 9.25. The molecule has 0 aliphatic carbocycles. The first-order valence-corrected chi connectivity index (χ1v) is 9.25. The molecule has 6 nitrogen and oxygen atoms in total. The maximum atomic E-state index is 12.2. The molecule has 0 aliphatic heterocycles. The van der Waals surface area contributed by atoms with Crippen molar-refractivity contribution in [2.24, 2.45) is 0 Å². The van der Waals surface area contributed by atoms with Crippen LogP contribution in [0.15, 0.2) is 48.5 Å². The van der Waals surface area contributed by atoms with Crippen LogP contribution in [0.1, 0.15) is 36.2 Å². The molecule has 0 bridgehead atoms. The fourth-order valence-electron chi connectivity index (χ4n) is 2.48. The quantitative estimate of drug-likeness (QED) is 0.645. The second-order valence-corrected chi connectivity index (χ2v) is 6.02. The molecule has 2 rings (SSSR count). The molecule has 6 heteroatoms. The fraction of sp³-hybridized carbons (Fsp3) is 0.273. The zero-order chi connectivity index (χ0) is 20.4. The van der Waals surface area contributed by atoms with Gasteiger partial charge in [0.1, 0.15) is 0 Å². The number of methoxy groups -OCH3 is 1. The number of carbonyl (C=O) groups excluding carboxylic acids is 2. The lowest BCUT2D eigenvalue weighted by Crippen LogP contribution is -2.22. The van der Waals surface area contributed by atoms with Crippen LogP contribution in [0, 0.1) is 0 Å². The Morgan fingerprint density at radius 3 is 2.61 bits per heavy atom. The Labute approximate surface area is 165 Å². The highest BCUT2D eigenvalue weighted by atomic mass is 16.5. The van der Waals surface area contributed by atoms with Gasteiger partial charge in [-0.3, -0.25) is 9.59 Å². The molecule has 2 aromatic carbocycles. The van der Waals surface area contributed by atoms with E-state index in [4.69, 9.17) is 9.47 Å². The van der Waals surface area contributed by atoms with Crippen LogP contribution in [0.5, 0.6) is 11.5 Å². The Kier molecular flexibility index (Phi) is 8.09. The van der Waals surface area contributed by atoms with E-state index < -0.39 is 0 Å². The number of hydrogen-bond acceptors (Lipinski definition) is 4. The summed E-state index contributed by atoms with van der Waals surface area (Å²) in [6, 6.07) is 12.3. The summed E-state index contributed by atoms with van der Waals surface area (Å²) in [6.07, 6.45) is 4.03. The SMILES string of the molecule is CCCOc1ccc(/C=C/C(=O)Nc2cccc(C(=O)NCC)c2)cc1OC. The van der Waals surface area contributed by atoms with E-state index in [1.165, 1.54) is 6.08 Å². The van der Waals surface area contributed by atoms with Crippen molar-refractivity contribution in [3.8, 4) is 11.5 Å². The molecule has 0 unspecified atom stereocenters. The van der Waals surface area contributed by atoms with Gasteiger partial charge in [0.15, 0.2) is 11.5 Å². The maximum Gasteiger partial charge on any atom is 0.251 e. The number of ether oxygens (including phenoxy) is 2. The van der Waals surface area contributed by atoms with Crippen LogP contribution in [-0.4, -0.2) is 32.1 Å². The maximum absolute atomic E-state index is 12.2. The Morgan fingerprint density at radius 1 is 1.07 bits per heavy atom. The molecular formula is C22H26N2O4. The van der Waals surface area contributed by atoms with Gasteiger partial charge in [-0.25, -0.2) is 0 Å². The van der Waals surface area contributed by atoms with Crippen molar-refractivity contribution < 1.29 is 19.1 Å². The molecule has 2 aromatic rings. The predicted octanol–water partition coefficient (Wildman–Crippen LogP) is 3.89. The van der Waals surface area contributed by atoms with Gasteiger partial charge in [-0.2, -0.15) is 0 Å². The number of rotatable bonds is 9. The lowest BCUT2D eigenvalue weighted by atomic mass is 10.1. The average Bonchev–Trinajstić information content (AvgIpc) is 2.71. The van der Waals surface area contributed by atoms with Crippen LogP contribution in [0.25, 0.3) is 6.08 Å². The van der Waals surface area contributed by atoms with E-state index >= 15 is 0 Å². The molecule has 0 spiro atoms. The zero-order valence-corrected chi connectivity index (χ0v) is 16.5. The Bertz CT molecular complexity index is 846. The van der Waals surface area contributed by atoms with E-state index in [1.807, 2.05) is 32.0 Å². The van der Waals surface area contributed by atoms with Crippen LogP contribution < -0.4 is 20.1 Å². The number of anilines is 1. The Hall–Kier alpha value is -3.28. The third kappa shape index (κ3) is 6.16. The lowest BCUT2D eigenvalue weighted by molar-refractivity contribution is -0.111. The minimum atomic E-state index is -0.293. The lowest BCUT2D eigenvalue weighted by Gasteiger charge is -2.10. The number of carbonyl (C=O) groups is 2. The summed E-state index contributed by atoms with van der Waals surface area (Å²) in [5, 5.41) is 5.49. The Balaban J connectivity index is 2.04. The predicted molar refractivity (Wildman–Crippen MR) is 111 cm³/mol. The summed E-state index contributed by atoms with van der Waals surface area (Å²) in [5.74, 6) is 0.823. The van der Waals surface area contributed by atoms with Crippen molar-refractivity contribution in [1.29, 1.82) is 0 Å². The highest BCUT2D eigenvalue weighted by molar-refractivity contribution is 6.03. The minimum Gasteiger partial charge on any atom is -0.493 e. The molecule has 2 amide bonds. The first-order chi connectivity index (χ1) is 13.6. The summed E-state index contributed by atoms with van der Waals surface area (Å²) in [4.78, 5) is 24.1. The van der Waals surface area contributed by atoms with Gasteiger partial charge in [0, 0.05) is 23.9 Å². The van der Waals surface area contributed by atoms with Gasteiger partial charge in [0.2, 0.25) is 5.91 Å². The number of hydrogen-bond donors (Lipinski definition) is 2. The summed E-state index contributed by atoms with van der Waals surface area (Å²) < 4.78 is 11.0. The highest BCUT2D eigenvalue weighted by Crippen LogP contribution is 2.28. The van der Waals surface area contributed by atoms with Gasteiger partial charge in [-0.05, 0) is 55.3 Å². The van der Waals surface area contributed by atoms with E-state index in [-0.39, 0.29) is 11.8 Å². The van der Waals surface area contributed by atoms with Gasteiger partial charge < -0.3 is 20.1 Å². The standard InChI is InChI=1S/C22H26N2O4/c1-4-13-28-19-11-9-16(14-20(19)27-3)10-12-21(25)24-18-8-6-7-17(15-18)22(26)23-5-2/h6-12,14-15H,4-5,13H2,1-3H3,(H,23,26)(H,24,25)/b12-10+. The topological polar surface area (TPSA) is 76.7 Å². The third-order valence-electron chi connectivity index (χ3n) is 3.81. The molecule has 0 atom stereocenters. The highest BCUT2D eigenvalue weighted by Gasteiger charge is 2.07. The minimum absolute atomic E-state index is 0.174. The summed E-state index contributed by atoms with van der Waals surface area (Å²) >= 11 is 0. The van der Waals surface area contributed by atoms with Crippen molar-refractivity contribution in [3.05, 3.63) is 59.7 Å². The molecule has 0 saturated heterocycles. The first kappa shape index (κ1) is 21.0. The molecule has 0 radical (unpaired) electrons. The molecule has 0 heterocycles. The van der Waals surface area contributed by atoms with Gasteiger partial charge in [0.25, 0.3) is 5.91 Å². The van der Waals surface area contributed by atoms with Crippen molar-refractivity contribution in [3.63, 3.8) is 0 Å². The fourth-order valence-corrected chi connectivity index (χ4v) is 2.48. The average molecular weight is 382 g/mol. The molecule has 148 valence electrons. The van der Waals surface area contributed by atoms with Crippen molar-refractivity contribution in [1.82, 2.24) is 5.32 Å². The normalized spacial score (nSPS) is 10.5. The molecule has 28 heavy (non-hydrogen) atoms.